The minimum Gasteiger partial charge on any atom is -0.476 e. The second kappa shape index (κ2) is 5.84. The number of anilines is 1. The zero-order chi connectivity index (χ0) is 11.9. The van der Waals surface area contributed by atoms with Crippen LogP contribution >= 0.6 is 0 Å². The van der Waals surface area contributed by atoms with Crippen molar-refractivity contribution in [2.45, 2.75) is 13.5 Å². The molecule has 0 fully saturated rings. The van der Waals surface area contributed by atoms with Crippen molar-refractivity contribution in [1.82, 2.24) is 9.97 Å². The number of ether oxygens (including phenoxy) is 1. The minimum atomic E-state index is 0.612. The Kier molecular flexibility index (Phi) is 3.91. The summed E-state index contributed by atoms with van der Waals surface area (Å²) >= 11 is 0. The lowest BCUT2D eigenvalue weighted by Gasteiger charge is -2.10. The predicted octanol–water partition coefficient (Wildman–Crippen LogP) is 2.49. The molecular weight excluding hydrogens is 214 g/mol. The number of nitrogens with zero attached hydrogens (tertiary/aromatic N) is 2. The van der Waals surface area contributed by atoms with Gasteiger partial charge in [0.15, 0.2) is 0 Å². The molecule has 0 aliphatic heterocycles. The molecule has 2 rings (SSSR count). The van der Waals surface area contributed by atoms with Crippen molar-refractivity contribution in [2.24, 2.45) is 0 Å². The smallest absolute Gasteiger partial charge is 0.237 e. The van der Waals surface area contributed by atoms with Crippen molar-refractivity contribution in [3.05, 3.63) is 48.4 Å². The molecule has 0 aliphatic rings. The summed E-state index contributed by atoms with van der Waals surface area (Å²) < 4.78 is 5.44. The Morgan fingerprint density at radius 2 is 2.00 bits per heavy atom. The zero-order valence-electron chi connectivity index (χ0n) is 9.76. The maximum absolute atomic E-state index is 5.44. The Bertz CT molecular complexity index is 459. The van der Waals surface area contributed by atoms with Gasteiger partial charge in [0, 0.05) is 25.1 Å². The number of aromatic nitrogens is 2. The van der Waals surface area contributed by atoms with E-state index in [-0.39, 0.29) is 0 Å². The van der Waals surface area contributed by atoms with Crippen LogP contribution in [0.2, 0.25) is 0 Å². The van der Waals surface area contributed by atoms with Crippen LogP contribution in [0.5, 0.6) is 5.88 Å². The second-order valence-corrected chi connectivity index (χ2v) is 3.50. The fourth-order valence-electron chi connectivity index (χ4n) is 1.48. The van der Waals surface area contributed by atoms with Crippen LogP contribution in [0.4, 0.5) is 5.69 Å². The van der Waals surface area contributed by atoms with E-state index in [0.717, 1.165) is 12.2 Å². The molecular formula is C13H15N3O. The van der Waals surface area contributed by atoms with E-state index >= 15 is 0 Å². The lowest BCUT2D eigenvalue weighted by molar-refractivity contribution is 0.328. The lowest BCUT2D eigenvalue weighted by atomic mass is 10.2. The number of hydrogen-bond acceptors (Lipinski definition) is 4. The molecule has 0 saturated carbocycles. The van der Waals surface area contributed by atoms with Gasteiger partial charge in [-0.1, -0.05) is 0 Å². The van der Waals surface area contributed by atoms with Crippen LogP contribution in [0.1, 0.15) is 12.5 Å². The maximum Gasteiger partial charge on any atom is 0.237 e. The van der Waals surface area contributed by atoms with E-state index in [0.29, 0.717) is 12.5 Å². The topological polar surface area (TPSA) is 47.0 Å². The molecule has 0 aliphatic carbocycles. The molecule has 4 heteroatoms. The molecule has 17 heavy (non-hydrogen) atoms. The van der Waals surface area contributed by atoms with Gasteiger partial charge in [-0.05, 0) is 36.8 Å². The standard InChI is InChI=1S/C13H15N3O/c1-2-17-13-12(4-3-7-15-13)16-10-11-5-8-14-9-6-11/h3-9,16H,2,10H2,1H3. The van der Waals surface area contributed by atoms with Crippen molar-refractivity contribution >= 4 is 5.69 Å². The molecule has 0 spiro atoms. The van der Waals surface area contributed by atoms with Gasteiger partial charge >= 0.3 is 0 Å². The monoisotopic (exact) mass is 229 g/mol. The molecule has 4 nitrogen and oxygen atoms in total. The first kappa shape index (κ1) is 11.4. The lowest BCUT2D eigenvalue weighted by Crippen LogP contribution is -2.03. The molecule has 0 atom stereocenters. The number of pyridine rings is 2. The van der Waals surface area contributed by atoms with E-state index in [9.17, 15) is 0 Å². The van der Waals surface area contributed by atoms with Crippen molar-refractivity contribution in [3.8, 4) is 5.88 Å². The van der Waals surface area contributed by atoms with Crippen LogP contribution in [-0.4, -0.2) is 16.6 Å². The third kappa shape index (κ3) is 3.17. The molecule has 0 radical (unpaired) electrons. The third-order valence-electron chi connectivity index (χ3n) is 2.28. The summed E-state index contributed by atoms with van der Waals surface area (Å²) in [4.78, 5) is 8.17. The predicted molar refractivity (Wildman–Crippen MR) is 67.0 cm³/mol. The van der Waals surface area contributed by atoms with Crippen LogP contribution in [0.25, 0.3) is 0 Å². The molecule has 1 N–H and O–H groups in total. The van der Waals surface area contributed by atoms with Crippen LogP contribution < -0.4 is 10.1 Å². The average molecular weight is 229 g/mol. The minimum absolute atomic E-state index is 0.612. The van der Waals surface area contributed by atoms with E-state index < -0.39 is 0 Å². The molecule has 0 bridgehead atoms. The molecule has 0 aromatic carbocycles. The Balaban J connectivity index is 2.03. The Morgan fingerprint density at radius 3 is 2.76 bits per heavy atom. The highest BCUT2D eigenvalue weighted by molar-refractivity contribution is 5.52. The SMILES string of the molecule is CCOc1ncccc1NCc1ccncc1. The summed E-state index contributed by atoms with van der Waals surface area (Å²) in [5.41, 5.74) is 2.08. The summed E-state index contributed by atoms with van der Waals surface area (Å²) in [6, 6.07) is 7.80. The van der Waals surface area contributed by atoms with Crippen LogP contribution in [0, 0.1) is 0 Å². The van der Waals surface area contributed by atoms with Gasteiger partial charge in [0.25, 0.3) is 0 Å². The fourth-order valence-corrected chi connectivity index (χ4v) is 1.48. The van der Waals surface area contributed by atoms with E-state index in [4.69, 9.17) is 4.74 Å². The van der Waals surface area contributed by atoms with Crippen molar-refractivity contribution in [3.63, 3.8) is 0 Å². The van der Waals surface area contributed by atoms with Gasteiger partial charge in [-0.25, -0.2) is 4.98 Å². The average Bonchev–Trinajstić information content (AvgIpc) is 2.39. The second-order valence-electron chi connectivity index (χ2n) is 3.50. The summed E-state index contributed by atoms with van der Waals surface area (Å²) in [6.07, 6.45) is 5.29. The highest BCUT2D eigenvalue weighted by Gasteiger charge is 2.02. The van der Waals surface area contributed by atoms with E-state index in [1.165, 1.54) is 5.56 Å². The number of nitrogens with one attached hydrogen (secondary N) is 1. The van der Waals surface area contributed by atoms with Crippen molar-refractivity contribution in [1.29, 1.82) is 0 Å². The van der Waals surface area contributed by atoms with Gasteiger partial charge in [0.05, 0.1) is 12.3 Å². The molecule has 0 amide bonds. The molecule has 0 unspecified atom stereocenters. The fraction of sp³-hybridized carbons (Fsp3) is 0.231. The van der Waals surface area contributed by atoms with Crippen molar-refractivity contribution in [2.75, 3.05) is 11.9 Å². The van der Waals surface area contributed by atoms with Gasteiger partial charge in [0.1, 0.15) is 0 Å². The Morgan fingerprint density at radius 1 is 1.18 bits per heavy atom. The molecule has 2 heterocycles. The van der Waals surface area contributed by atoms with E-state index in [2.05, 4.69) is 15.3 Å². The van der Waals surface area contributed by atoms with Crippen LogP contribution in [0.15, 0.2) is 42.9 Å². The normalized spacial score (nSPS) is 9.94. The van der Waals surface area contributed by atoms with Gasteiger partial charge in [0.2, 0.25) is 5.88 Å². The summed E-state index contributed by atoms with van der Waals surface area (Å²) in [7, 11) is 0. The van der Waals surface area contributed by atoms with Gasteiger partial charge in [-0.2, -0.15) is 0 Å². The van der Waals surface area contributed by atoms with Crippen LogP contribution in [0.3, 0.4) is 0 Å². The van der Waals surface area contributed by atoms with Gasteiger partial charge in [-0.3, -0.25) is 4.98 Å². The summed E-state index contributed by atoms with van der Waals surface area (Å²) in [5, 5.41) is 3.30. The highest BCUT2D eigenvalue weighted by atomic mass is 16.5. The summed E-state index contributed by atoms with van der Waals surface area (Å²) in [5.74, 6) is 0.643. The van der Waals surface area contributed by atoms with Gasteiger partial charge in [-0.15, -0.1) is 0 Å². The highest BCUT2D eigenvalue weighted by Crippen LogP contribution is 2.20. The van der Waals surface area contributed by atoms with E-state index in [1.54, 1.807) is 18.6 Å². The van der Waals surface area contributed by atoms with Crippen molar-refractivity contribution < 1.29 is 4.74 Å². The quantitative estimate of drug-likeness (QED) is 0.855. The Labute approximate surface area is 101 Å². The van der Waals surface area contributed by atoms with E-state index in [1.807, 2.05) is 31.2 Å². The Hall–Kier alpha value is -2.10. The third-order valence-corrected chi connectivity index (χ3v) is 2.28. The molecule has 0 saturated heterocycles. The molecule has 2 aromatic heterocycles. The first-order chi connectivity index (χ1) is 8.40. The van der Waals surface area contributed by atoms with Crippen LogP contribution in [-0.2, 0) is 6.54 Å². The number of hydrogen-bond donors (Lipinski definition) is 1. The maximum atomic E-state index is 5.44. The number of rotatable bonds is 5. The first-order valence-corrected chi connectivity index (χ1v) is 5.60. The largest absolute Gasteiger partial charge is 0.476 e. The van der Waals surface area contributed by atoms with Gasteiger partial charge < -0.3 is 10.1 Å². The first-order valence-electron chi connectivity index (χ1n) is 5.60. The summed E-state index contributed by atoms with van der Waals surface area (Å²) in [6.45, 7) is 3.29. The molecule has 2 aromatic rings. The zero-order valence-corrected chi connectivity index (χ0v) is 9.76. The molecule has 88 valence electrons.